The zero-order chi connectivity index (χ0) is 12.5. The lowest BCUT2D eigenvalue weighted by Crippen LogP contribution is -2.18. The molecule has 0 spiro atoms. The second-order valence-corrected chi connectivity index (χ2v) is 2.79. The number of halogens is 5. The summed E-state index contributed by atoms with van der Waals surface area (Å²) in [5, 5.41) is 0. The van der Waals surface area contributed by atoms with Gasteiger partial charge in [-0.1, -0.05) is 0 Å². The highest BCUT2D eigenvalue weighted by molar-refractivity contribution is 5.37. The maximum Gasteiger partial charge on any atom is 0.417 e. The van der Waals surface area contributed by atoms with Crippen LogP contribution in [0.4, 0.5) is 22.0 Å². The van der Waals surface area contributed by atoms with Crippen LogP contribution in [0.1, 0.15) is 17.6 Å². The average Bonchev–Trinajstić information content (AvgIpc) is 2.14. The molecule has 8 heteroatoms. The summed E-state index contributed by atoms with van der Waals surface area (Å²) in [5.41, 5.74) is -4.22. The van der Waals surface area contributed by atoms with E-state index in [0.29, 0.717) is 0 Å². The Kier molecular flexibility index (Phi) is 3.20. The van der Waals surface area contributed by atoms with Gasteiger partial charge in [0.1, 0.15) is 0 Å². The van der Waals surface area contributed by atoms with E-state index in [1.54, 1.807) is 4.98 Å². The van der Waals surface area contributed by atoms with Crippen LogP contribution in [0.25, 0.3) is 0 Å². The Labute approximate surface area is 85.8 Å². The lowest BCUT2D eigenvalue weighted by atomic mass is 10.1. The fraction of sp³-hybridized carbons (Fsp3) is 0.375. The molecule has 0 amide bonds. The minimum absolute atomic E-state index is 0.0734. The van der Waals surface area contributed by atoms with Crippen LogP contribution in [0, 0.1) is 0 Å². The fourth-order valence-corrected chi connectivity index (χ4v) is 1.16. The van der Waals surface area contributed by atoms with Crippen molar-refractivity contribution in [1.82, 2.24) is 4.98 Å². The molecule has 16 heavy (non-hydrogen) atoms. The molecule has 0 aliphatic rings. The van der Waals surface area contributed by atoms with E-state index in [0.717, 1.165) is 7.11 Å². The molecule has 1 rings (SSSR count). The highest BCUT2D eigenvalue weighted by Crippen LogP contribution is 2.38. The Balaban J connectivity index is 3.58. The topological polar surface area (TPSA) is 42.1 Å². The number of rotatable bonds is 2. The van der Waals surface area contributed by atoms with Gasteiger partial charge in [0.05, 0.1) is 18.2 Å². The van der Waals surface area contributed by atoms with Crippen molar-refractivity contribution in [3.8, 4) is 5.88 Å². The Morgan fingerprint density at radius 1 is 1.38 bits per heavy atom. The number of pyridine rings is 1. The van der Waals surface area contributed by atoms with Gasteiger partial charge < -0.3 is 4.74 Å². The molecule has 0 fully saturated rings. The van der Waals surface area contributed by atoms with Gasteiger partial charge in [-0.15, -0.1) is 0 Å². The average molecular weight is 243 g/mol. The lowest BCUT2D eigenvalue weighted by molar-refractivity contribution is -0.139. The molecule has 1 heterocycles. The van der Waals surface area contributed by atoms with Gasteiger partial charge >= 0.3 is 6.18 Å². The van der Waals surface area contributed by atoms with Crippen LogP contribution in [0.15, 0.2) is 10.9 Å². The quantitative estimate of drug-likeness (QED) is 0.810. The third kappa shape index (κ3) is 2.31. The molecule has 0 unspecified atom stereocenters. The highest BCUT2D eigenvalue weighted by atomic mass is 19.4. The van der Waals surface area contributed by atoms with Crippen LogP contribution in [0.5, 0.6) is 5.88 Å². The van der Waals surface area contributed by atoms with Crippen molar-refractivity contribution >= 4 is 0 Å². The number of ether oxygens (including phenoxy) is 1. The molecule has 1 aromatic heterocycles. The number of methoxy groups -OCH3 is 1. The molecule has 1 aromatic rings. The van der Waals surface area contributed by atoms with Crippen molar-refractivity contribution in [2.75, 3.05) is 7.11 Å². The molecule has 0 aromatic carbocycles. The van der Waals surface area contributed by atoms with E-state index in [1.807, 2.05) is 0 Å². The summed E-state index contributed by atoms with van der Waals surface area (Å²) in [6.45, 7) is 0. The van der Waals surface area contributed by atoms with Gasteiger partial charge in [0.2, 0.25) is 5.88 Å². The van der Waals surface area contributed by atoms with E-state index < -0.39 is 35.2 Å². The summed E-state index contributed by atoms with van der Waals surface area (Å²) in [6, 6.07) is 0.0734. The summed E-state index contributed by atoms with van der Waals surface area (Å²) in [5.74, 6) is -0.880. The predicted molar refractivity (Wildman–Crippen MR) is 43.6 cm³/mol. The zero-order valence-electron chi connectivity index (χ0n) is 7.86. The molecule has 90 valence electrons. The largest absolute Gasteiger partial charge is 0.482 e. The SMILES string of the molecule is COc1[nH]c(=O)cc(C(F)(F)F)c1C(F)F. The van der Waals surface area contributed by atoms with Gasteiger partial charge in [0, 0.05) is 6.07 Å². The Morgan fingerprint density at radius 2 is 1.94 bits per heavy atom. The first-order valence-electron chi connectivity index (χ1n) is 3.94. The van der Waals surface area contributed by atoms with E-state index in [9.17, 15) is 26.7 Å². The van der Waals surface area contributed by atoms with E-state index >= 15 is 0 Å². The fourth-order valence-electron chi connectivity index (χ4n) is 1.16. The monoisotopic (exact) mass is 243 g/mol. The van der Waals surface area contributed by atoms with Gasteiger partial charge in [0.25, 0.3) is 12.0 Å². The number of aromatic amines is 1. The van der Waals surface area contributed by atoms with Gasteiger partial charge in [-0.25, -0.2) is 8.78 Å². The molecule has 0 bridgehead atoms. The van der Waals surface area contributed by atoms with Gasteiger partial charge in [-0.05, 0) is 0 Å². The minimum Gasteiger partial charge on any atom is -0.482 e. The lowest BCUT2D eigenvalue weighted by Gasteiger charge is -2.14. The molecular formula is C8H6F5NO2. The van der Waals surface area contributed by atoms with Crippen molar-refractivity contribution in [3.05, 3.63) is 27.5 Å². The molecule has 0 atom stereocenters. The van der Waals surface area contributed by atoms with Gasteiger partial charge in [-0.2, -0.15) is 13.2 Å². The first kappa shape index (κ1) is 12.5. The third-order valence-electron chi connectivity index (χ3n) is 1.77. The van der Waals surface area contributed by atoms with Crippen LogP contribution in [0.3, 0.4) is 0 Å². The number of aromatic nitrogens is 1. The molecule has 0 saturated carbocycles. The number of alkyl halides is 5. The van der Waals surface area contributed by atoms with E-state index in [2.05, 4.69) is 4.74 Å². The molecule has 1 N–H and O–H groups in total. The van der Waals surface area contributed by atoms with Gasteiger partial charge in [-0.3, -0.25) is 9.78 Å². The highest BCUT2D eigenvalue weighted by Gasteiger charge is 2.38. The Morgan fingerprint density at radius 3 is 2.31 bits per heavy atom. The maximum atomic E-state index is 12.4. The zero-order valence-corrected chi connectivity index (χ0v) is 7.86. The normalized spacial score (nSPS) is 11.9. The first-order valence-corrected chi connectivity index (χ1v) is 3.94. The minimum atomic E-state index is -5.03. The van der Waals surface area contributed by atoms with Crippen molar-refractivity contribution in [2.45, 2.75) is 12.6 Å². The number of hydrogen-bond acceptors (Lipinski definition) is 2. The molecule has 0 saturated heterocycles. The molecule has 0 radical (unpaired) electrons. The van der Waals surface area contributed by atoms with Crippen molar-refractivity contribution in [1.29, 1.82) is 0 Å². The van der Waals surface area contributed by atoms with Crippen LogP contribution < -0.4 is 10.3 Å². The Bertz CT molecular complexity index is 437. The number of nitrogens with one attached hydrogen (secondary N) is 1. The molecular weight excluding hydrogens is 237 g/mol. The molecule has 0 aliphatic carbocycles. The molecule has 3 nitrogen and oxygen atoms in total. The van der Waals surface area contributed by atoms with E-state index in [4.69, 9.17) is 0 Å². The summed E-state index contributed by atoms with van der Waals surface area (Å²) < 4.78 is 66.2. The number of hydrogen-bond donors (Lipinski definition) is 1. The summed E-state index contributed by atoms with van der Waals surface area (Å²) >= 11 is 0. The van der Waals surface area contributed by atoms with Crippen molar-refractivity contribution in [2.24, 2.45) is 0 Å². The van der Waals surface area contributed by atoms with Crippen molar-refractivity contribution < 1.29 is 26.7 Å². The van der Waals surface area contributed by atoms with Crippen LogP contribution in [-0.4, -0.2) is 12.1 Å². The van der Waals surface area contributed by atoms with Gasteiger partial charge in [0.15, 0.2) is 0 Å². The van der Waals surface area contributed by atoms with E-state index in [-0.39, 0.29) is 6.07 Å². The smallest absolute Gasteiger partial charge is 0.417 e. The predicted octanol–water partition coefficient (Wildman–Crippen LogP) is 2.34. The third-order valence-corrected chi connectivity index (χ3v) is 1.77. The summed E-state index contributed by atoms with van der Waals surface area (Å²) in [6.07, 6.45) is -8.43. The second-order valence-electron chi connectivity index (χ2n) is 2.79. The standard InChI is InChI=1S/C8H6F5NO2/c1-16-7-5(6(9)10)3(8(11,12)13)2-4(15)14-7/h2,6H,1H3,(H,14,15). The first-order chi connectivity index (χ1) is 7.27. The van der Waals surface area contributed by atoms with Crippen molar-refractivity contribution in [3.63, 3.8) is 0 Å². The summed E-state index contributed by atoms with van der Waals surface area (Å²) in [4.78, 5) is 12.6. The van der Waals surface area contributed by atoms with E-state index in [1.165, 1.54) is 0 Å². The Hall–Kier alpha value is -1.60. The van der Waals surface area contributed by atoms with Crippen LogP contribution in [-0.2, 0) is 6.18 Å². The van der Waals surface area contributed by atoms with Crippen LogP contribution in [0.2, 0.25) is 0 Å². The number of H-pyrrole nitrogens is 1. The van der Waals surface area contributed by atoms with Crippen LogP contribution >= 0.6 is 0 Å². The maximum absolute atomic E-state index is 12.4. The summed E-state index contributed by atoms with van der Waals surface area (Å²) in [7, 11) is 0.886. The molecule has 0 aliphatic heterocycles. The second kappa shape index (κ2) is 4.11.